The van der Waals surface area contributed by atoms with Crippen LogP contribution < -0.4 is 5.73 Å². The lowest BCUT2D eigenvalue weighted by Gasteiger charge is -2.19. The predicted octanol–water partition coefficient (Wildman–Crippen LogP) is 11.1. The van der Waals surface area contributed by atoms with Crippen LogP contribution in [0, 0.1) is 0 Å². The molecule has 0 radical (unpaired) electrons. The smallest absolute Gasteiger partial charge is 0.462 e. The maximum Gasteiger partial charge on any atom is 0.472 e. The number of nitrogens with two attached hydrogens (primary N) is 1. The molecule has 0 aliphatic carbocycles. The van der Waals surface area contributed by atoms with Gasteiger partial charge >= 0.3 is 19.8 Å². The highest BCUT2D eigenvalue weighted by atomic mass is 31.2. The van der Waals surface area contributed by atoms with Crippen molar-refractivity contribution in [3.8, 4) is 0 Å². The molecule has 0 saturated heterocycles. The summed E-state index contributed by atoms with van der Waals surface area (Å²) in [6.07, 6.45) is 35.2. The molecular weight excluding hydrogens is 641 g/mol. The van der Waals surface area contributed by atoms with E-state index in [1.54, 1.807) is 0 Å². The molecule has 0 saturated carbocycles. The number of hydrogen-bond acceptors (Lipinski definition) is 8. The summed E-state index contributed by atoms with van der Waals surface area (Å²) < 4.78 is 32.7. The van der Waals surface area contributed by atoms with Crippen LogP contribution in [0.15, 0.2) is 12.2 Å². The van der Waals surface area contributed by atoms with Gasteiger partial charge in [-0.1, -0.05) is 154 Å². The Morgan fingerprint density at radius 1 is 0.592 bits per heavy atom. The lowest BCUT2D eigenvalue weighted by Crippen LogP contribution is -2.29. The number of rotatable bonds is 38. The SMILES string of the molecule is CCCCCCC/C=C/CCCCCCCC(=O)OC[C@H](COP(=O)(O)OCCN)OC(=O)CCCCCCCCCCCCCCCC. The van der Waals surface area contributed by atoms with Gasteiger partial charge in [0, 0.05) is 19.4 Å². The van der Waals surface area contributed by atoms with Crippen molar-refractivity contribution in [3.63, 3.8) is 0 Å². The Hall–Kier alpha value is -1.25. The maximum absolute atomic E-state index is 12.5. The number of phosphoric acid groups is 1. The normalized spacial score (nSPS) is 13.5. The van der Waals surface area contributed by atoms with Crippen LogP contribution in [-0.4, -0.2) is 49.3 Å². The summed E-state index contributed by atoms with van der Waals surface area (Å²) in [5, 5.41) is 0. The van der Waals surface area contributed by atoms with Crippen molar-refractivity contribution in [1.29, 1.82) is 0 Å². The third kappa shape index (κ3) is 36.3. The van der Waals surface area contributed by atoms with Gasteiger partial charge in [-0.15, -0.1) is 0 Å². The molecule has 1 unspecified atom stereocenters. The second-order valence-electron chi connectivity index (χ2n) is 13.5. The number of hydrogen-bond donors (Lipinski definition) is 2. The van der Waals surface area contributed by atoms with E-state index in [-0.39, 0.29) is 38.6 Å². The number of phosphoric ester groups is 1. The van der Waals surface area contributed by atoms with Gasteiger partial charge < -0.3 is 20.1 Å². The second-order valence-corrected chi connectivity index (χ2v) is 15.0. The monoisotopic (exact) mass is 718 g/mol. The van der Waals surface area contributed by atoms with Gasteiger partial charge in [0.1, 0.15) is 6.61 Å². The Kier molecular flexibility index (Phi) is 35.6. The first-order chi connectivity index (χ1) is 23.8. The number of unbranched alkanes of at least 4 members (excludes halogenated alkanes) is 23. The van der Waals surface area contributed by atoms with E-state index in [1.165, 1.54) is 109 Å². The molecule has 0 amide bonds. The third-order valence-electron chi connectivity index (χ3n) is 8.65. The lowest BCUT2D eigenvalue weighted by molar-refractivity contribution is -0.161. The van der Waals surface area contributed by atoms with E-state index in [4.69, 9.17) is 24.3 Å². The molecule has 0 aromatic rings. The number of carbonyl (C=O) groups excluding carboxylic acids is 2. The molecule has 0 aliphatic heterocycles. The molecule has 0 fully saturated rings. The first-order valence-corrected chi connectivity index (χ1v) is 21.7. The van der Waals surface area contributed by atoms with Gasteiger partial charge in [-0.05, 0) is 38.5 Å². The average Bonchev–Trinajstić information content (AvgIpc) is 3.08. The Bertz CT molecular complexity index is 825. The summed E-state index contributed by atoms with van der Waals surface area (Å²) >= 11 is 0. The Labute approximate surface area is 300 Å². The summed E-state index contributed by atoms with van der Waals surface area (Å²) in [7, 11) is -4.37. The highest BCUT2D eigenvalue weighted by Crippen LogP contribution is 2.43. The van der Waals surface area contributed by atoms with Crippen LogP contribution in [0.2, 0.25) is 0 Å². The molecule has 9 nitrogen and oxygen atoms in total. The first-order valence-electron chi connectivity index (χ1n) is 20.2. The van der Waals surface area contributed by atoms with Crippen LogP contribution in [-0.2, 0) is 32.7 Å². The minimum atomic E-state index is -4.37. The maximum atomic E-state index is 12.5. The molecule has 10 heteroatoms. The predicted molar refractivity (Wildman–Crippen MR) is 201 cm³/mol. The van der Waals surface area contributed by atoms with E-state index in [0.717, 1.165) is 51.4 Å². The zero-order valence-electron chi connectivity index (χ0n) is 31.7. The summed E-state index contributed by atoms with van der Waals surface area (Å²) in [6.45, 7) is 3.72. The minimum absolute atomic E-state index is 0.0550. The number of carbonyl (C=O) groups is 2. The quantitative estimate of drug-likeness (QED) is 0.0277. The molecule has 0 aromatic heterocycles. The zero-order valence-corrected chi connectivity index (χ0v) is 32.6. The molecule has 2 atom stereocenters. The van der Waals surface area contributed by atoms with Crippen LogP contribution in [0.5, 0.6) is 0 Å². The Morgan fingerprint density at radius 2 is 1.00 bits per heavy atom. The molecule has 0 aromatic carbocycles. The van der Waals surface area contributed by atoms with E-state index >= 15 is 0 Å². The molecule has 0 rings (SSSR count). The molecule has 0 spiro atoms. The van der Waals surface area contributed by atoms with Crippen LogP contribution in [0.3, 0.4) is 0 Å². The lowest BCUT2D eigenvalue weighted by atomic mass is 10.0. The van der Waals surface area contributed by atoms with Crippen LogP contribution in [0.4, 0.5) is 0 Å². The molecule has 3 N–H and O–H groups in total. The zero-order chi connectivity index (χ0) is 36.1. The summed E-state index contributed by atoms with van der Waals surface area (Å²) in [5.41, 5.74) is 5.33. The second kappa shape index (κ2) is 36.5. The van der Waals surface area contributed by atoms with Crippen molar-refractivity contribution in [2.75, 3.05) is 26.4 Å². The summed E-state index contributed by atoms with van der Waals surface area (Å²) in [4.78, 5) is 34.7. The van der Waals surface area contributed by atoms with Crippen LogP contribution >= 0.6 is 7.82 Å². The van der Waals surface area contributed by atoms with Crippen molar-refractivity contribution in [2.45, 2.75) is 200 Å². The van der Waals surface area contributed by atoms with Gasteiger partial charge in [0.2, 0.25) is 0 Å². The van der Waals surface area contributed by atoms with Gasteiger partial charge in [-0.3, -0.25) is 18.6 Å². The third-order valence-corrected chi connectivity index (χ3v) is 9.64. The van der Waals surface area contributed by atoms with E-state index in [9.17, 15) is 19.0 Å². The molecular formula is C39H76NO8P. The minimum Gasteiger partial charge on any atom is -0.462 e. The van der Waals surface area contributed by atoms with E-state index in [0.29, 0.717) is 6.42 Å². The van der Waals surface area contributed by atoms with Crippen molar-refractivity contribution < 1.29 is 37.6 Å². The Balaban J connectivity index is 4.18. The fourth-order valence-corrected chi connectivity index (χ4v) is 6.39. The standard InChI is InChI=1S/C39H76NO8P/c1-3-5-7-9-11-13-15-17-19-21-23-25-27-29-31-38(41)45-35-37(36-47-49(43,44)46-34-33-40)48-39(42)32-30-28-26-24-22-20-18-16-14-12-10-8-6-4-2/h15,17,37H,3-14,16,18-36,40H2,1-2H3,(H,43,44)/b17-15+/t37-/m1/s1. The highest BCUT2D eigenvalue weighted by molar-refractivity contribution is 7.47. The molecule has 0 bridgehead atoms. The topological polar surface area (TPSA) is 134 Å². The fraction of sp³-hybridized carbons (Fsp3) is 0.897. The van der Waals surface area contributed by atoms with E-state index in [2.05, 4.69) is 26.0 Å². The van der Waals surface area contributed by atoms with E-state index in [1.807, 2.05) is 0 Å². The number of ether oxygens (including phenoxy) is 2. The van der Waals surface area contributed by atoms with Gasteiger partial charge in [-0.2, -0.15) is 0 Å². The van der Waals surface area contributed by atoms with E-state index < -0.39 is 26.5 Å². The largest absolute Gasteiger partial charge is 0.472 e. The Morgan fingerprint density at radius 3 is 1.45 bits per heavy atom. The van der Waals surface area contributed by atoms with Crippen LogP contribution in [0.25, 0.3) is 0 Å². The summed E-state index contributed by atoms with van der Waals surface area (Å²) in [5.74, 6) is -0.831. The van der Waals surface area contributed by atoms with Gasteiger partial charge in [0.05, 0.1) is 13.2 Å². The van der Waals surface area contributed by atoms with Gasteiger partial charge in [0.15, 0.2) is 6.10 Å². The first kappa shape index (κ1) is 47.8. The molecule has 0 aliphatic rings. The van der Waals surface area contributed by atoms with Crippen molar-refractivity contribution in [2.24, 2.45) is 5.73 Å². The molecule has 49 heavy (non-hydrogen) atoms. The molecule has 290 valence electrons. The van der Waals surface area contributed by atoms with Crippen molar-refractivity contribution in [3.05, 3.63) is 12.2 Å². The summed E-state index contributed by atoms with van der Waals surface area (Å²) in [6, 6.07) is 0. The van der Waals surface area contributed by atoms with Crippen molar-refractivity contribution in [1.82, 2.24) is 0 Å². The van der Waals surface area contributed by atoms with Gasteiger partial charge in [-0.25, -0.2) is 4.57 Å². The number of esters is 2. The van der Waals surface area contributed by atoms with Gasteiger partial charge in [0.25, 0.3) is 0 Å². The number of allylic oxidation sites excluding steroid dienone is 2. The highest BCUT2D eigenvalue weighted by Gasteiger charge is 2.26. The van der Waals surface area contributed by atoms with Crippen LogP contribution in [0.1, 0.15) is 194 Å². The fourth-order valence-electron chi connectivity index (χ4n) is 5.63. The van der Waals surface area contributed by atoms with Crippen molar-refractivity contribution >= 4 is 19.8 Å². The molecule has 0 heterocycles. The average molecular weight is 718 g/mol.